The Morgan fingerprint density at radius 1 is 1.28 bits per heavy atom. The summed E-state index contributed by atoms with van der Waals surface area (Å²) in [5, 5.41) is 17.4. The maximum atomic E-state index is 12.7. The number of hydrogen-bond donors (Lipinski definition) is 1. The summed E-state index contributed by atoms with van der Waals surface area (Å²) in [7, 11) is 0. The van der Waals surface area contributed by atoms with E-state index >= 15 is 0 Å². The smallest absolute Gasteiger partial charge is 0.320 e. The van der Waals surface area contributed by atoms with Gasteiger partial charge in [-0.15, -0.1) is 11.3 Å². The number of fused-ring (bicyclic) bond motifs is 1. The van der Waals surface area contributed by atoms with Gasteiger partial charge < -0.3 is 10.8 Å². The van der Waals surface area contributed by atoms with Crippen molar-refractivity contribution < 1.29 is 14.3 Å². The van der Waals surface area contributed by atoms with Crippen LogP contribution in [-0.2, 0) is 0 Å². The highest BCUT2D eigenvalue weighted by atomic mass is 32.1. The second kappa shape index (κ2) is 6.66. The van der Waals surface area contributed by atoms with Crippen molar-refractivity contribution >= 4 is 39.0 Å². The van der Waals surface area contributed by atoms with E-state index in [4.69, 9.17) is 15.2 Å². The lowest BCUT2D eigenvalue weighted by Gasteiger charge is -2.07. The Labute approximate surface area is 171 Å². The van der Waals surface area contributed by atoms with Gasteiger partial charge in [0.25, 0.3) is 6.20 Å². The van der Waals surface area contributed by atoms with E-state index in [2.05, 4.69) is 29.3 Å². The largest absolute Gasteiger partial charge is 0.857 e. The molecule has 0 aliphatic heterocycles. The number of nitrogens with zero attached hydrogens (tertiary/aromatic N) is 4. The number of hydrogen-bond acceptors (Lipinski definition) is 7. The Morgan fingerprint density at radius 3 is 2.76 bits per heavy atom. The van der Waals surface area contributed by atoms with Crippen LogP contribution >= 0.6 is 11.3 Å². The lowest BCUT2D eigenvalue weighted by molar-refractivity contribution is -0.765. The summed E-state index contributed by atoms with van der Waals surface area (Å²) < 4.78 is 6.86. The second-order valence-electron chi connectivity index (χ2n) is 7.39. The first kappa shape index (κ1) is 17.8. The Morgan fingerprint density at radius 2 is 2.03 bits per heavy atom. The van der Waals surface area contributed by atoms with E-state index in [1.807, 2.05) is 25.1 Å². The van der Waals surface area contributed by atoms with E-state index in [0.717, 1.165) is 35.0 Å². The van der Waals surface area contributed by atoms with Crippen molar-refractivity contribution in [2.75, 3.05) is 5.73 Å². The zero-order valence-corrected chi connectivity index (χ0v) is 16.9. The molecule has 0 spiro atoms. The summed E-state index contributed by atoms with van der Waals surface area (Å²) in [6.45, 7) is 4.05. The molecule has 1 saturated carbocycles. The molecule has 0 atom stereocenters. The normalized spacial score (nSPS) is 14.6. The standard InChI is InChI=1S/C21H19N5O2S/c1-11-3-5-13(6-4-11)18-12(2)9-15-17(22)19(29-21(15)24-18)20(27)23-16-10-26(25-28-16)14-7-8-14/h3-6,9-10,14H,7-8H2,1-2H3,(H2-,22,23,25,27). The van der Waals surface area contributed by atoms with Crippen LogP contribution in [-0.4, -0.2) is 16.2 Å². The van der Waals surface area contributed by atoms with Gasteiger partial charge in [0.2, 0.25) is 5.27 Å². The second-order valence-corrected chi connectivity index (χ2v) is 8.38. The number of rotatable bonds is 4. The monoisotopic (exact) mass is 405 g/mol. The van der Waals surface area contributed by atoms with Crippen LogP contribution in [0.25, 0.3) is 21.5 Å². The number of aliphatic imine (C=N–C) groups is 1. The van der Waals surface area contributed by atoms with Crippen LogP contribution in [0.5, 0.6) is 0 Å². The molecule has 3 aromatic heterocycles. The van der Waals surface area contributed by atoms with E-state index in [-0.39, 0.29) is 5.88 Å². The molecule has 4 aromatic rings. The summed E-state index contributed by atoms with van der Waals surface area (Å²) in [5.74, 6) is -0.262. The first-order chi connectivity index (χ1) is 14.0. The number of pyridine rings is 1. The van der Waals surface area contributed by atoms with Gasteiger partial charge in [0, 0.05) is 29.7 Å². The first-order valence-electron chi connectivity index (χ1n) is 9.40. The SMILES string of the molecule is Cc1ccc(-c2nc3sc(/C([O-])=N/c4c[n+](C5CC5)no4)c(N)c3cc2C)cc1. The topological polar surface area (TPSA) is 104 Å². The van der Waals surface area contributed by atoms with Gasteiger partial charge in [-0.1, -0.05) is 29.8 Å². The number of nitrogen functional groups attached to an aromatic ring is 1. The molecule has 1 aliphatic rings. The fourth-order valence-electron chi connectivity index (χ4n) is 3.26. The van der Waals surface area contributed by atoms with Crippen LogP contribution in [0.2, 0.25) is 0 Å². The Balaban J connectivity index is 1.54. The molecule has 0 bridgehead atoms. The highest BCUT2D eigenvalue weighted by molar-refractivity contribution is 7.21. The quantitative estimate of drug-likeness (QED) is 0.319. The molecule has 29 heavy (non-hydrogen) atoms. The highest BCUT2D eigenvalue weighted by Gasteiger charge is 2.35. The van der Waals surface area contributed by atoms with Crippen LogP contribution < -0.4 is 15.5 Å². The predicted octanol–water partition coefficient (Wildman–Crippen LogP) is 3.21. The lowest BCUT2D eigenvalue weighted by atomic mass is 10.0. The average molecular weight is 405 g/mol. The molecule has 0 amide bonds. The van der Waals surface area contributed by atoms with Crippen molar-refractivity contribution in [2.45, 2.75) is 32.7 Å². The van der Waals surface area contributed by atoms with Crippen molar-refractivity contribution in [3.8, 4) is 11.3 Å². The molecule has 1 fully saturated rings. The first-order valence-corrected chi connectivity index (χ1v) is 10.2. The molecule has 146 valence electrons. The molecule has 2 N–H and O–H groups in total. The summed E-state index contributed by atoms with van der Waals surface area (Å²) in [6.07, 6.45) is 3.79. The van der Waals surface area contributed by atoms with Crippen LogP contribution in [0.3, 0.4) is 0 Å². The highest BCUT2D eigenvalue weighted by Crippen LogP contribution is 2.36. The molecule has 0 radical (unpaired) electrons. The van der Waals surface area contributed by atoms with Gasteiger partial charge in [-0.2, -0.15) is 0 Å². The number of aromatic nitrogens is 3. The maximum Gasteiger partial charge on any atom is 0.320 e. The maximum absolute atomic E-state index is 12.7. The third kappa shape index (κ3) is 3.25. The van der Waals surface area contributed by atoms with Gasteiger partial charge in [-0.3, -0.25) is 4.52 Å². The van der Waals surface area contributed by atoms with E-state index in [0.29, 0.717) is 21.4 Å². The zero-order chi connectivity index (χ0) is 20.1. The lowest BCUT2D eigenvalue weighted by Crippen LogP contribution is -2.32. The molecule has 7 nitrogen and oxygen atoms in total. The fraction of sp³-hybridized carbons (Fsp3) is 0.238. The Kier molecular flexibility index (Phi) is 4.09. The summed E-state index contributed by atoms with van der Waals surface area (Å²) in [4.78, 5) is 9.91. The Hall–Kier alpha value is -3.26. The van der Waals surface area contributed by atoms with Gasteiger partial charge in [-0.25, -0.2) is 9.98 Å². The molecule has 1 aliphatic carbocycles. The number of nitrogens with two attached hydrogens (primary N) is 1. The minimum absolute atomic E-state index is 0.184. The summed E-state index contributed by atoms with van der Waals surface area (Å²) >= 11 is 1.25. The van der Waals surface area contributed by atoms with Gasteiger partial charge in [0.1, 0.15) is 4.83 Å². The van der Waals surface area contributed by atoms with Crippen LogP contribution in [0.15, 0.2) is 46.0 Å². The number of aryl methyl sites for hydroxylation is 2. The van der Waals surface area contributed by atoms with Crippen molar-refractivity contribution in [1.29, 1.82) is 0 Å². The molecular weight excluding hydrogens is 386 g/mol. The van der Waals surface area contributed by atoms with Gasteiger partial charge in [-0.05, 0) is 30.2 Å². The molecule has 0 saturated heterocycles. The van der Waals surface area contributed by atoms with Crippen molar-refractivity contribution in [1.82, 2.24) is 10.3 Å². The predicted molar refractivity (Wildman–Crippen MR) is 110 cm³/mol. The van der Waals surface area contributed by atoms with E-state index < -0.39 is 5.90 Å². The van der Waals surface area contributed by atoms with Gasteiger partial charge in [0.05, 0.1) is 16.3 Å². The zero-order valence-electron chi connectivity index (χ0n) is 16.0. The van der Waals surface area contributed by atoms with Crippen LogP contribution in [0.4, 0.5) is 11.6 Å². The third-order valence-electron chi connectivity index (χ3n) is 5.03. The minimum atomic E-state index is -0.445. The van der Waals surface area contributed by atoms with Crippen LogP contribution in [0.1, 0.15) is 34.9 Å². The van der Waals surface area contributed by atoms with Gasteiger partial charge >= 0.3 is 5.88 Å². The molecule has 3 heterocycles. The summed E-state index contributed by atoms with van der Waals surface area (Å²) in [6, 6.07) is 10.6. The number of anilines is 1. The van der Waals surface area contributed by atoms with E-state index in [1.165, 1.54) is 16.9 Å². The van der Waals surface area contributed by atoms with E-state index in [1.54, 1.807) is 10.9 Å². The third-order valence-corrected chi connectivity index (χ3v) is 6.14. The Bertz CT molecular complexity index is 1250. The van der Waals surface area contributed by atoms with Crippen molar-refractivity contribution in [3.05, 3.63) is 52.5 Å². The average Bonchev–Trinajstić information content (AvgIpc) is 3.37. The van der Waals surface area contributed by atoms with Crippen LogP contribution in [0, 0.1) is 13.8 Å². The summed E-state index contributed by atoms with van der Waals surface area (Å²) in [5.41, 5.74) is 10.8. The molecule has 1 aromatic carbocycles. The molecule has 0 unspecified atom stereocenters. The minimum Gasteiger partial charge on any atom is -0.857 e. The van der Waals surface area contributed by atoms with Crippen molar-refractivity contribution in [3.63, 3.8) is 0 Å². The molecular formula is C21H19N5O2S. The van der Waals surface area contributed by atoms with Crippen molar-refractivity contribution in [2.24, 2.45) is 4.99 Å². The number of benzene rings is 1. The number of thiophene rings is 1. The molecule has 5 rings (SSSR count). The fourth-order valence-corrected chi connectivity index (χ4v) is 4.23. The molecule has 8 heteroatoms. The van der Waals surface area contributed by atoms with Gasteiger partial charge in [0.15, 0.2) is 6.04 Å². The van der Waals surface area contributed by atoms with E-state index in [9.17, 15) is 5.11 Å².